The molecule has 1 aliphatic carbocycles. The number of carbonyl (C=O) groups is 1. The first kappa shape index (κ1) is 13.8. The summed E-state index contributed by atoms with van der Waals surface area (Å²) in [7, 11) is 0. The van der Waals surface area contributed by atoms with Gasteiger partial charge in [0.05, 0.1) is 5.92 Å². The zero-order valence-electron chi connectivity index (χ0n) is 8.82. The molecule has 0 spiro atoms. The van der Waals surface area contributed by atoms with Crippen molar-refractivity contribution in [1.82, 2.24) is 5.32 Å². The van der Waals surface area contributed by atoms with Crippen LogP contribution >= 0.6 is 15.9 Å². The van der Waals surface area contributed by atoms with Gasteiger partial charge in [0.2, 0.25) is 5.91 Å². The second kappa shape index (κ2) is 5.89. The summed E-state index contributed by atoms with van der Waals surface area (Å²) in [5.41, 5.74) is 0. The van der Waals surface area contributed by atoms with Gasteiger partial charge in [-0.2, -0.15) is 13.2 Å². The minimum absolute atomic E-state index is 0.0253. The smallest absolute Gasteiger partial charge is 0.353 e. The molecule has 0 saturated heterocycles. The molecule has 1 amide bonds. The van der Waals surface area contributed by atoms with Crippen LogP contribution in [0.4, 0.5) is 13.2 Å². The third kappa shape index (κ3) is 4.31. The maximum atomic E-state index is 12.5. The van der Waals surface area contributed by atoms with Gasteiger partial charge in [-0.1, -0.05) is 22.4 Å². The second-order valence-corrected chi connectivity index (χ2v) is 4.90. The fraction of sp³-hybridized carbons (Fsp3) is 0.900. The van der Waals surface area contributed by atoms with E-state index in [1.165, 1.54) is 0 Å². The van der Waals surface area contributed by atoms with Gasteiger partial charge in [-0.25, -0.2) is 0 Å². The molecule has 1 N–H and O–H groups in total. The maximum Gasteiger partial charge on any atom is 0.391 e. The highest BCUT2D eigenvalue weighted by atomic mass is 79.9. The molecule has 2 nitrogen and oxygen atoms in total. The third-order valence-electron chi connectivity index (χ3n) is 2.82. The van der Waals surface area contributed by atoms with E-state index in [4.69, 9.17) is 0 Å². The van der Waals surface area contributed by atoms with Gasteiger partial charge < -0.3 is 5.32 Å². The van der Waals surface area contributed by atoms with E-state index in [1.807, 2.05) is 0 Å². The number of carbonyl (C=O) groups excluding carboxylic acids is 1. The summed E-state index contributed by atoms with van der Waals surface area (Å²) in [5, 5.41) is 3.19. The number of amides is 1. The van der Waals surface area contributed by atoms with Crippen molar-refractivity contribution in [1.29, 1.82) is 0 Å². The molecule has 0 radical (unpaired) electrons. The van der Waals surface area contributed by atoms with E-state index in [1.54, 1.807) is 0 Å². The van der Waals surface area contributed by atoms with Crippen molar-refractivity contribution in [3.63, 3.8) is 0 Å². The average molecular weight is 302 g/mol. The standard InChI is InChI=1S/C10H15BrF3NO/c11-5-4-9(16)15-8-3-1-2-7(6-8)10(12,13)14/h7-8H,1-6H2,(H,15,16). The zero-order valence-corrected chi connectivity index (χ0v) is 10.4. The summed E-state index contributed by atoms with van der Waals surface area (Å²) in [6.07, 6.45) is -2.41. The van der Waals surface area contributed by atoms with Crippen molar-refractivity contribution in [2.45, 2.75) is 44.3 Å². The summed E-state index contributed by atoms with van der Waals surface area (Å²) < 4.78 is 37.4. The van der Waals surface area contributed by atoms with E-state index in [0.29, 0.717) is 24.6 Å². The molecule has 1 aliphatic rings. The van der Waals surface area contributed by atoms with Crippen LogP contribution in [0.5, 0.6) is 0 Å². The monoisotopic (exact) mass is 301 g/mol. The lowest BCUT2D eigenvalue weighted by molar-refractivity contribution is -0.184. The van der Waals surface area contributed by atoms with Crippen LogP contribution in [-0.4, -0.2) is 23.5 Å². The fourth-order valence-electron chi connectivity index (χ4n) is 2.00. The Hall–Kier alpha value is -0.260. The van der Waals surface area contributed by atoms with Gasteiger partial charge in [0.25, 0.3) is 0 Å². The Morgan fingerprint density at radius 1 is 1.38 bits per heavy atom. The predicted octanol–water partition coefficient (Wildman–Crippen LogP) is 3.01. The Morgan fingerprint density at radius 3 is 2.62 bits per heavy atom. The van der Waals surface area contributed by atoms with Gasteiger partial charge in [-0.3, -0.25) is 4.79 Å². The molecular weight excluding hydrogens is 287 g/mol. The molecule has 2 unspecified atom stereocenters. The topological polar surface area (TPSA) is 29.1 Å². The van der Waals surface area contributed by atoms with E-state index >= 15 is 0 Å². The molecule has 0 bridgehead atoms. The van der Waals surface area contributed by atoms with E-state index in [9.17, 15) is 18.0 Å². The van der Waals surface area contributed by atoms with Gasteiger partial charge in [0.15, 0.2) is 0 Å². The molecule has 0 aromatic carbocycles. The molecule has 0 aromatic rings. The second-order valence-electron chi connectivity index (χ2n) is 4.11. The summed E-state index contributed by atoms with van der Waals surface area (Å²) in [4.78, 5) is 11.2. The third-order valence-corrected chi connectivity index (χ3v) is 3.22. The summed E-state index contributed by atoms with van der Waals surface area (Å²) >= 11 is 3.12. The number of rotatable bonds is 3. The highest BCUT2D eigenvalue weighted by molar-refractivity contribution is 9.09. The number of hydrogen-bond donors (Lipinski definition) is 1. The van der Waals surface area contributed by atoms with Crippen LogP contribution in [0.2, 0.25) is 0 Å². The van der Waals surface area contributed by atoms with Gasteiger partial charge in [-0.15, -0.1) is 0 Å². The van der Waals surface area contributed by atoms with Crippen molar-refractivity contribution in [2.75, 3.05) is 5.33 Å². The summed E-state index contributed by atoms with van der Waals surface area (Å²) in [6.45, 7) is 0. The largest absolute Gasteiger partial charge is 0.391 e. The van der Waals surface area contributed by atoms with Gasteiger partial charge >= 0.3 is 6.18 Å². The quantitative estimate of drug-likeness (QED) is 0.798. The molecule has 94 valence electrons. The number of nitrogens with one attached hydrogen (secondary N) is 1. The predicted molar refractivity (Wildman–Crippen MR) is 58.4 cm³/mol. The molecule has 1 saturated carbocycles. The van der Waals surface area contributed by atoms with Crippen LogP contribution in [0.3, 0.4) is 0 Å². The Bertz CT molecular complexity index is 245. The Morgan fingerprint density at radius 2 is 2.06 bits per heavy atom. The van der Waals surface area contributed by atoms with Crippen molar-refractivity contribution in [2.24, 2.45) is 5.92 Å². The van der Waals surface area contributed by atoms with Crippen molar-refractivity contribution in [3.8, 4) is 0 Å². The Balaban J connectivity index is 2.42. The Kier molecular flexibility index (Phi) is 5.08. The van der Waals surface area contributed by atoms with Crippen LogP contribution in [0, 0.1) is 5.92 Å². The molecule has 2 atom stereocenters. The first-order valence-electron chi connectivity index (χ1n) is 5.35. The minimum atomic E-state index is -4.13. The number of alkyl halides is 4. The molecule has 0 aromatic heterocycles. The Labute approximate surface area is 101 Å². The summed E-state index contributed by atoms with van der Waals surface area (Å²) in [6, 6.07) is -0.313. The zero-order chi connectivity index (χ0) is 12.2. The molecule has 16 heavy (non-hydrogen) atoms. The van der Waals surface area contributed by atoms with Crippen LogP contribution in [-0.2, 0) is 4.79 Å². The highest BCUT2D eigenvalue weighted by Crippen LogP contribution is 2.37. The molecule has 6 heteroatoms. The minimum Gasteiger partial charge on any atom is -0.353 e. The van der Waals surface area contributed by atoms with Crippen molar-refractivity contribution in [3.05, 3.63) is 0 Å². The molecule has 1 rings (SSSR count). The SMILES string of the molecule is O=C(CCBr)NC1CCCC(C(F)(F)F)C1. The highest BCUT2D eigenvalue weighted by Gasteiger charge is 2.42. The lowest BCUT2D eigenvalue weighted by atomic mass is 9.85. The lowest BCUT2D eigenvalue weighted by Gasteiger charge is -2.30. The molecule has 0 heterocycles. The van der Waals surface area contributed by atoms with Crippen molar-refractivity contribution < 1.29 is 18.0 Å². The average Bonchev–Trinajstić information content (AvgIpc) is 2.17. The first-order chi connectivity index (χ1) is 7.43. The lowest BCUT2D eigenvalue weighted by Crippen LogP contribution is -2.41. The maximum absolute atomic E-state index is 12.5. The number of hydrogen-bond acceptors (Lipinski definition) is 1. The summed E-state index contributed by atoms with van der Waals surface area (Å²) in [5.74, 6) is -1.43. The van der Waals surface area contributed by atoms with E-state index in [0.717, 1.165) is 0 Å². The van der Waals surface area contributed by atoms with Crippen LogP contribution in [0.25, 0.3) is 0 Å². The van der Waals surface area contributed by atoms with E-state index in [2.05, 4.69) is 21.2 Å². The van der Waals surface area contributed by atoms with Crippen LogP contribution < -0.4 is 5.32 Å². The van der Waals surface area contributed by atoms with Gasteiger partial charge in [-0.05, 0) is 19.3 Å². The molecule has 0 aliphatic heterocycles. The van der Waals surface area contributed by atoms with E-state index < -0.39 is 12.1 Å². The fourth-order valence-corrected chi connectivity index (χ4v) is 2.36. The van der Waals surface area contributed by atoms with Crippen LogP contribution in [0.15, 0.2) is 0 Å². The van der Waals surface area contributed by atoms with Gasteiger partial charge in [0, 0.05) is 17.8 Å². The van der Waals surface area contributed by atoms with Crippen molar-refractivity contribution >= 4 is 21.8 Å². The van der Waals surface area contributed by atoms with Gasteiger partial charge in [0.1, 0.15) is 0 Å². The van der Waals surface area contributed by atoms with E-state index in [-0.39, 0.29) is 24.8 Å². The number of halogens is 4. The normalized spacial score (nSPS) is 26.5. The molecular formula is C10H15BrF3NO. The first-order valence-corrected chi connectivity index (χ1v) is 6.47. The molecule has 1 fully saturated rings. The van der Waals surface area contributed by atoms with Crippen LogP contribution in [0.1, 0.15) is 32.1 Å².